The lowest BCUT2D eigenvalue weighted by Gasteiger charge is -2.41. The zero-order chi connectivity index (χ0) is 22.9. The molecular formula is C24H32FN3O4. The Morgan fingerprint density at radius 1 is 1.06 bits per heavy atom. The Kier molecular flexibility index (Phi) is 6.57. The predicted molar refractivity (Wildman–Crippen MR) is 115 cm³/mol. The van der Waals surface area contributed by atoms with E-state index in [2.05, 4.69) is 4.98 Å². The number of ether oxygens (including phenoxy) is 3. The number of amides is 1. The van der Waals surface area contributed by atoms with Crippen molar-refractivity contribution in [1.82, 2.24) is 9.88 Å². The van der Waals surface area contributed by atoms with E-state index >= 15 is 0 Å². The zero-order valence-corrected chi connectivity index (χ0v) is 19.1. The van der Waals surface area contributed by atoms with Crippen molar-refractivity contribution in [2.24, 2.45) is 0 Å². The number of nitriles is 1. The maximum absolute atomic E-state index is 14.0. The van der Waals surface area contributed by atoms with E-state index in [1.165, 1.54) is 6.20 Å². The van der Waals surface area contributed by atoms with E-state index < -0.39 is 11.4 Å². The standard InChI is InChI=1S/C24H32FN3O4/c1-24(2,3)32-23(29)28-16-4-5-17(28)11-20(10-16)30-18-6-8-19(9-7-18)31-22-15(12-26)13-27-14-21(22)25/h13-14,16-20H,4-11H2,1-3H3/t16-,17-,18?,19?/m0/s1. The van der Waals surface area contributed by atoms with Crippen molar-refractivity contribution in [3.05, 3.63) is 23.8 Å². The summed E-state index contributed by atoms with van der Waals surface area (Å²) in [5.41, 5.74) is -0.367. The second kappa shape index (κ2) is 9.22. The number of hydrogen-bond donors (Lipinski definition) is 0. The van der Waals surface area contributed by atoms with Crippen LogP contribution in [0, 0.1) is 17.1 Å². The van der Waals surface area contributed by atoms with E-state index in [4.69, 9.17) is 19.5 Å². The second-order valence-electron chi connectivity index (χ2n) is 10.1. The Bertz CT molecular complexity index is 859. The Balaban J connectivity index is 1.26. The monoisotopic (exact) mass is 445 g/mol. The molecule has 2 aliphatic heterocycles. The Labute approximate surface area is 188 Å². The molecule has 2 bridgehead atoms. The molecule has 0 unspecified atom stereocenters. The first-order chi connectivity index (χ1) is 15.2. The molecule has 3 aliphatic rings. The van der Waals surface area contributed by atoms with Crippen molar-refractivity contribution in [2.75, 3.05) is 0 Å². The first kappa shape index (κ1) is 22.8. The molecule has 1 aliphatic carbocycles. The number of carbonyl (C=O) groups excluding carboxylic acids is 1. The van der Waals surface area contributed by atoms with Crippen LogP contribution < -0.4 is 4.74 Å². The molecule has 0 N–H and O–H groups in total. The van der Waals surface area contributed by atoms with Gasteiger partial charge in [0.25, 0.3) is 0 Å². The molecule has 8 heteroatoms. The van der Waals surface area contributed by atoms with Crippen LogP contribution in [0.4, 0.5) is 9.18 Å². The average Bonchev–Trinajstić information content (AvgIpc) is 3.00. The van der Waals surface area contributed by atoms with Gasteiger partial charge in [0, 0.05) is 18.3 Å². The van der Waals surface area contributed by atoms with Gasteiger partial charge in [0.15, 0.2) is 11.6 Å². The smallest absolute Gasteiger partial charge is 0.410 e. The fourth-order valence-electron chi connectivity index (χ4n) is 5.20. The highest BCUT2D eigenvalue weighted by molar-refractivity contribution is 5.69. The van der Waals surface area contributed by atoms with Gasteiger partial charge in [-0.1, -0.05) is 0 Å². The molecule has 0 aromatic carbocycles. The lowest BCUT2D eigenvalue weighted by atomic mass is 9.93. The third-order valence-electron chi connectivity index (χ3n) is 6.56. The van der Waals surface area contributed by atoms with E-state index in [0.29, 0.717) is 0 Å². The van der Waals surface area contributed by atoms with Gasteiger partial charge in [0.1, 0.15) is 17.2 Å². The number of aromatic nitrogens is 1. The van der Waals surface area contributed by atoms with E-state index in [1.807, 2.05) is 31.7 Å². The van der Waals surface area contributed by atoms with Crippen molar-refractivity contribution in [1.29, 1.82) is 5.26 Å². The van der Waals surface area contributed by atoms with Crippen LogP contribution in [0.2, 0.25) is 0 Å². The molecule has 3 heterocycles. The Hall–Kier alpha value is -2.40. The molecule has 32 heavy (non-hydrogen) atoms. The number of hydrogen-bond acceptors (Lipinski definition) is 6. The third-order valence-corrected chi connectivity index (χ3v) is 6.56. The minimum atomic E-state index is -0.602. The van der Waals surface area contributed by atoms with E-state index in [9.17, 15) is 9.18 Å². The lowest BCUT2D eigenvalue weighted by Crippen LogP contribution is -2.50. The number of fused-ring (bicyclic) bond motifs is 2. The molecule has 1 aromatic rings. The van der Waals surface area contributed by atoms with Gasteiger partial charge in [-0.15, -0.1) is 0 Å². The highest BCUT2D eigenvalue weighted by Crippen LogP contribution is 2.39. The summed E-state index contributed by atoms with van der Waals surface area (Å²) in [4.78, 5) is 18.3. The number of nitrogens with zero attached hydrogens (tertiary/aromatic N) is 3. The Morgan fingerprint density at radius 2 is 1.69 bits per heavy atom. The summed E-state index contributed by atoms with van der Waals surface area (Å²) in [6.45, 7) is 5.69. The van der Waals surface area contributed by atoms with E-state index in [-0.39, 0.29) is 47.8 Å². The van der Waals surface area contributed by atoms with Crippen molar-refractivity contribution in [3.63, 3.8) is 0 Å². The van der Waals surface area contributed by atoms with Gasteiger partial charge in [-0.05, 0) is 72.1 Å². The largest absolute Gasteiger partial charge is 0.486 e. The first-order valence-electron chi connectivity index (χ1n) is 11.6. The maximum atomic E-state index is 14.0. The van der Waals surface area contributed by atoms with Crippen LogP contribution in [0.5, 0.6) is 5.75 Å². The maximum Gasteiger partial charge on any atom is 0.410 e. The summed E-state index contributed by atoms with van der Waals surface area (Å²) >= 11 is 0. The highest BCUT2D eigenvalue weighted by atomic mass is 19.1. The molecule has 1 saturated carbocycles. The molecule has 1 amide bonds. The van der Waals surface area contributed by atoms with Gasteiger partial charge in [0.05, 0.1) is 24.5 Å². The van der Waals surface area contributed by atoms with Crippen molar-refractivity contribution in [2.45, 2.75) is 108 Å². The molecule has 1 aromatic heterocycles. The molecule has 0 spiro atoms. The summed E-state index contributed by atoms with van der Waals surface area (Å²) in [7, 11) is 0. The van der Waals surface area contributed by atoms with Crippen LogP contribution in [-0.2, 0) is 9.47 Å². The number of halogens is 1. The van der Waals surface area contributed by atoms with Crippen molar-refractivity contribution >= 4 is 6.09 Å². The highest BCUT2D eigenvalue weighted by Gasteiger charge is 2.45. The van der Waals surface area contributed by atoms with Crippen LogP contribution in [0.3, 0.4) is 0 Å². The zero-order valence-electron chi connectivity index (χ0n) is 19.1. The van der Waals surface area contributed by atoms with Gasteiger partial charge >= 0.3 is 6.09 Å². The Morgan fingerprint density at radius 3 is 2.28 bits per heavy atom. The number of rotatable bonds is 4. The van der Waals surface area contributed by atoms with Gasteiger partial charge in [-0.2, -0.15) is 5.26 Å². The van der Waals surface area contributed by atoms with Crippen molar-refractivity contribution < 1.29 is 23.4 Å². The molecule has 2 atom stereocenters. The molecule has 2 saturated heterocycles. The molecule has 7 nitrogen and oxygen atoms in total. The summed E-state index contributed by atoms with van der Waals surface area (Å²) in [5.74, 6) is -0.604. The fourth-order valence-corrected chi connectivity index (χ4v) is 5.20. The van der Waals surface area contributed by atoms with Crippen LogP contribution in [0.25, 0.3) is 0 Å². The summed E-state index contributed by atoms with van der Waals surface area (Å²) in [5, 5.41) is 9.16. The third kappa shape index (κ3) is 5.15. The minimum Gasteiger partial charge on any atom is -0.486 e. The van der Waals surface area contributed by atoms with Crippen LogP contribution >= 0.6 is 0 Å². The van der Waals surface area contributed by atoms with Crippen LogP contribution in [-0.4, -0.2) is 52.0 Å². The first-order valence-corrected chi connectivity index (χ1v) is 11.6. The summed E-state index contributed by atoms with van der Waals surface area (Å²) < 4.78 is 31.9. The SMILES string of the molecule is CC(C)(C)OC(=O)N1[C@H]2CC[C@H]1CC(OC1CCC(Oc3c(F)cncc3C#N)CC1)C2. The van der Waals surface area contributed by atoms with Crippen molar-refractivity contribution in [3.8, 4) is 11.8 Å². The lowest BCUT2D eigenvalue weighted by molar-refractivity contribution is -0.0814. The van der Waals surface area contributed by atoms with E-state index in [1.54, 1.807) is 0 Å². The summed E-state index contributed by atoms with van der Waals surface area (Å²) in [6.07, 6.45) is 9.22. The van der Waals surface area contributed by atoms with Gasteiger partial charge in [0.2, 0.25) is 0 Å². The normalized spacial score (nSPS) is 30.0. The number of pyridine rings is 1. The predicted octanol–water partition coefficient (Wildman–Crippen LogP) is 4.73. The number of piperidine rings is 1. The molecule has 3 fully saturated rings. The average molecular weight is 446 g/mol. The van der Waals surface area contributed by atoms with E-state index in [0.717, 1.165) is 57.6 Å². The van der Waals surface area contributed by atoms with Gasteiger partial charge in [-0.3, -0.25) is 4.98 Å². The molecular weight excluding hydrogens is 413 g/mol. The van der Waals surface area contributed by atoms with Crippen LogP contribution in [0.15, 0.2) is 12.4 Å². The molecule has 4 rings (SSSR count). The number of carbonyl (C=O) groups is 1. The summed E-state index contributed by atoms with van der Waals surface area (Å²) in [6, 6.07) is 2.31. The second-order valence-corrected chi connectivity index (χ2v) is 10.1. The molecule has 174 valence electrons. The van der Waals surface area contributed by atoms with Gasteiger partial charge < -0.3 is 19.1 Å². The van der Waals surface area contributed by atoms with Crippen LogP contribution in [0.1, 0.15) is 77.7 Å². The minimum absolute atomic E-state index is 0.00189. The topological polar surface area (TPSA) is 84.7 Å². The molecule has 0 radical (unpaired) electrons. The fraction of sp³-hybridized carbons (Fsp3) is 0.708. The quantitative estimate of drug-likeness (QED) is 0.666. The van der Waals surface area contributed by atoms with Gasteiger partial charge in [-0.25, -0.2) is 9.18 Å².